The third-order valence-corrected chi connectivity index (χ3v) is 11.0. The van der Waals surface area contributed by atoms with Gasteiger partial charge in [-0.1, -0.05) is 61.8 Å². The molecule has 8 rings (SSSR count). The Hall–Kier alpha value is -3.68. The van der Waals surface area contributed by atoms with E-state index < -0.39 is 10.8 Å². The molecule has 4 bridgehead atoms. The van der Waals surface area contributed by atoms with Gasteiger partial charge in [-0.15, -0.1) is 0 Å². The van der Waals surface area contributed by atoms with Crippen molar-refractivity contribution >= 4 is 45.0 Å². The Bertz CT molecular complexity index is 1640. The van der Waals surface area contributed by atoms with Gasteiger partial charge in [-0.25, -0.2) is 0 Å². The second kappa shape index (κ2) is 12.4. The summed E-state index contributed by atoms with van der Waals surface area (Å²) >= 11 is 0. The summed E-state index contributed by atoms with van der Waals surface area (Å²) < 4.78 is 3.08. The van der Waals surface area contributed by atoms with E-state index >= 15 is 0 Å². The van der Waals surface area contributed by atoms with Gasteiger partial charge in [0.15, 0.2) is 0 Å². The molecule has 47 heavy (non-hydrogen) atoms. The molecule has 4 saturated carbocycles. The number of aromatic nitrogens is 4. The molecule has 2 aromatic carbocycles. The SMILES string of the molecule is C.CC(C)(C)C(=O)n1ncc2cc(NC3CC4CCC3C4)ccc21.CC(C)(C)C(=O)n1ncc2cc(NC3CC4CCC3C4)ccc21. The Kier molecular flexibility index (Phi) is 8.77. The lowest BCUT2D eigenvalue weighted by Crippen LogP contribution is -2.27. The number of rotatable bonds is 4. The van der Waals surface area contributed by atoms with Crippen LogP contribution in [0, 0.1) is 34.5 Å². The van der Waals surface area contributed by atoms with Crippen molar-refractivity contribution in [2.75, 3.05) is 10.6 Å². The van der Waals surface area contributed by atoms with E-state index in [0.717, 1.165) is 56.9 Å². The lowest BCUT2D eigenvalue weighted by molar-refractivity contribution is 0.0749. The van der Waals surface area contributed by atoms with Crippen molar-refractivity contribution in [2.24, 2.45) is 34.5 Å². The maximum atomic E-state index is 12.5. The van der Waals surface area contributed by atoms with Crippen LogP contribution in [0.15, 0.2) is 48.8 Å². The van der Waals surface area contributed by atoms with Crippen LogP contribution in [-0.4, -0.2) is 43.5 Å². The third kappa shape index (κ3) is 6.57. The van der Waals surface area contributed by atoms with Crippen LogP contribution in [0.4, 0.5) is 11.4 Å². The van der Waals surface area contributed by atoms with Crippen molar-refractivity contribution in [3.63, 3.8) is 0 Å². The van der Waals surface area contributed by atoms with Crippen molar-refractivity contribution in [2.45, 2.75) is 112 Å². The van der Waals surface area contributed by atoms with Crippen LogP contribution in [0.1, 0.15) is 110 Å². The number of nitrogens with one attached hydrogen (secondary N) is 2. The van der Waals surface area contributed by atoms with Crippen LogP contribution >= 0.6 is 0 Å². The fraction of sp³-hybridized carbons (Fsp3) is 0.590. The molecule has 0 aliphatic heterocycles. The van der Waals surface area contributed by atoms with Crippen molar-refractivity contribution in [1.29, 1.82) is 0 Å². The van der Waals surface area contributed by atoms with Gasteiger partial charge in [0.1, 0.15) is 0 Å². The van der Waals surface area contributed by atoms with Gasteiger partial charge in [-0.3, -0.25) is 9.59 Å². The van der Waals surface area contributed by atoms with Gasteiger partial charge in [0, 0.05) is 45.1 Å². The Morgan fingerprint density at radius 2 is 1.04 bits per heavy atom. The predicted molar refractivity (Wildman–Crippen MR) is 192 cm³/mol. The smallest absolute Gasteiger partial charge is 0.252 e. The summed E-state index contributed by atoms with van der Waals surface area (Å²) in [4.78, 5) is 25.0. The molecule has 2 N–H and O–H groups in total. The molecule has 0 spiro atoms. The lowest BCUT2D eigenvalue weighted by atomic mass is 9.95. The highest BCUT2D eigenvalue weighted by Gasteiger charge is 2.40. The van der Waals surface area contributed by atoms with Gasteiger partial charge in [0.05, 0.1) is 23.4 Å². The average Bonchev–Trinajstić information content (AvgIpc) is 3.85. The van der Waals surface area contributed by atoms with Crippen LogP contribution in [0.5, 0.6) is 0 Å². The van der Waals surface area contributed by atoms with Gasteiger partial charge < -0.3 is 10.6 Å². The summed E-state index contributed by atoms with van der Waals surface area (Å²) in [6.45, 7) is 11.5. The van der Waals surface area contributed by atoms with Gasteiger partial charge in [0.2, 0.25) is 0 Å². The molecule has 4 fully saturated rings. The third-order valence-electron chi connectivity index (χ3n) is 11.0. The predicted octanol–water partition coefficient (Wildman–Crippen LogP) is 9.28. The Balaban J connectivity index is 0.000000161. The summed E-state index contributed by atoms with van der Waals surface area (Å²) in [7, 11) is 0. The van der Waals surface area contributed by atoms with Crippen LogP contribution < -0.4 is 10.6 Å². The Morgan fingerprint density at radius 3 is 1.36 bits per heavy atom. The van der Waals surface area contributed by atoms with Crippen molar-refractivity contribution in [3.05, 3.63) is 48.8 Å². The summed E-state index contributed by atoms with van der Waals surface area (Å²) in [5.41, 5.74) is 3.22. The van der Waals surface area contributed by atoms with Crippen LogP contribution in [0.25, 0.3) is 21.8 Å². The number of hydrogen-bond acceptors (Lipinski definition) is 6. The molecular formula is C39H54N6O2. The van der Waals surface area contributed by atoms with Crippen LogP contribution in [-0.2, 0) is 0 Å². The van der Waals surface area contributed by atoms with Crippen molar-refractivity contribution < 1.29 is 9.59 Å². The summed E-state index contributed by atoms with van der Waals surface area (Å²) in [5.74, 6) is 3.63. The number of carbonyl (C=O) groups excluding carboxylic acids is 2. The highest BCUT2D eigenvalue weighted by atomic mass is 16.2. The number of fused-ring (bicyclic) bond motifs is 6. The Labute approximate surface area is 280 Å². The molecule has 252 valence electrons. The molecule has 2 aromatic heterocycles. The zero-order chi connectivity index (χ0) is 32.4. The van der Waals surface area contributed by atoms with E-state index in [2.05, 4.69) is 45.1 Å². The van der Waals surface area contributed by atoms with Crippen molar-refractivity contribution in [1.82, 2.24) is 19.6 Å². The number of benzene rings is 2. The molecule has 4 aliphatic rings. The molecular weight excluding hydrogens is 584 g/mol. The number of nitrogens with zero attached hydrogens (tertiary/aromatic N) is 4. The molecule has 6 atom stereocenters. The first kappa shape index (κ1) is 33.2. The molecule has 6 unspecified atom stereocenters. The fourth-order valence-corrected chi connectivity index (χ4v) is 8.48. The van der Waals surface area contributed by atoms with Crippen molar-refractivity contribution in [3.8, 4) is 0 Å². The van der Waals surface area contributed by atoms with Gasteiger partial charge >= 0.3 is 0 Å². The van der Waals surface area contributed by atoms with E-state index in [-0.39, 0.29) is 19.2 Å². The maximum Gasteiger partial charge on any atom is 0.252 e. The second-order valence-corrected chi connectivity index (χ2v) is 16.6. The molecule has 2 heterocycles. The highest BCUT2D eigenvalue weighted by Crippen LogP contribution is 2.46. The van der Waals surface area contributed by atoms with Gasteiger partial charge in [-0.05, 0) is 98.6 Å². The second-order valence-electron chi connectivity index (χ2n) is 16.6. The summed E-state index contributed by atoms with van der Waals surface area (Å²) in [5, 5.41) is 18.1. The minimum atomic E-state index is -0.432. The maximum absolute atomic E-state index is 12.5. The zero-order valence-corrected chi connectivity index (χ0v) is 28.3. The van der Waals surface area contributed by atoms with E-state index in [1.54, 1.807) is 12.4 Å². The number of carbonyl (C=O) groups is 2. The minimum Gasteiger partial charge on any atom is -0.382 e. The normalized spacial score (nSPS) is 26.3. The van der Waals surface area contributed by atoms with Crippen LogP contribution in [0.3, 0.4) is 0 Å². The average molecular weight is 639 g/mol. The van der Waals surface area contributed by atoms with E-state index in [4.69, 9.17) is 0 Å². The Morgan fingerprint density at radius 1 is 0.638 bits per heavy atom. The van der Waals surface area contributed by atoms with Gasteiger partial charge in [-0.2, -0.15) is 19.6 Å². The highest BCUT2D eigenvalue weighted by molar-refractivity contribution is 5.95. The van der Waals surface area contributed by atoms with E-state index in [1.165, 1.54) is 60.7 Å². The van der Waals surface area contributed by atoms with Crippen LogP contribution in [0.2, 0.25) is 0 Å². The first-order chi connectivity index (χ1) is 21.8. The minimum absolute atomic E-state index is 0. The largest absolute Gasteiger partial charge is 0.382 e. The quantitative estimate of drug-likeness (QED) is 0.231. The van der Waals surface area contributed by atoms with E-state index in [1.807, 2.05) is 53.7 Å². The topological polar surface area (TPSA) is 93.8 Å². The molecule has 8 nitrogen and oxygen atoms in total. The standard InChI is InChI=1S/2C19H25N3O.CH4/c2*1-19(2,3)18(23)22-17-7-6-15(10-14(17)11-20-22)21-16-9-12-4-5-13(16)8-12;/h2*6-7,10-13,16,21H,4-5,8-9H2,1-3H3;1H4. The number of hydrogen-bond donors (Lipinski definition) is 2. The summed E-state index contributed by atoms with van der Waals surface area (Å²) in [6.07, 6.45) is 14.6. The molecule has 8 heteroatoms. The summed E-state index contributed by atoms with van der Waals surface area (Å²) in [6, 6.07) is 13.7. The zero-order valence-electron chi connectivity index (χ0n) is 28.3. The molecule has 4 aliphatic carbocycles. The molecule has 0 amide bonds. The lowest BCUT2D eigenvalue weighted by Gasteiger charge is -2.24. The van der Waals surface area contributed by atoms with E-state index in [0.29, 0.717) is 12.1 Å². The first-order valence-electron chi connectivity index (χ1n) is 17.4. The van der Waals surface area contributed by atoms with E-state index in [9.17, 15) is 9.59 Å². The molecule has 0 radical (unpaired) electrons. The monoisotopic (exact) mass is 638 g/mol. The molecule has 4 aromatic rings. The molecule has 0 saturated heterocycles. The number of anilines is 2. The first-order valence-corrected chi connectivity index (χ1v) is 17.4. The van der Waals surface area contributed by atoms with Gasteiger partial charge in [0.25, 0.3) is 11.8 Å². The fourth-order valence-electron chi connectivity index (χ4n) is 8.48.